The molecule has 10 heteroatoms. The number of hydrogen-bond donors (Lipinski definition) is 1. The predicted octanol–water partition coefficient (Wildman–Crippen LogP) is 2.34. The Labute approximate surface area is 188 Å². The maximum atomic E-state index is 12.3. The van der Waals surface area contributed by atoms with Crippen LogP contribution in [-0.4, -0.2) is 55.5 Å². The van der Waals surface area contributed by atoms with E-state index in [1.54, 1.807) is 30.1 Å². The first-order chi connectivity index (χ1) is 16.2. The number of methoxy groups -OCH3 is 1. The van der Waals surface area contributed by atoms with E-state index in [9.17, 15) is 4.79 Å². The molecule has 10 nitrogen and oxygen atoms in total. The number of carbonyl (C=O) groups excluding carboxylic acids is 1. The van der Waals surface area contributed by atoms with Crippen LogP contribution in [0.2, 0.25) is 0 Å². The number of hydrogen-bond acceptors (Lipinski definition) is 7. The molecule has 1 N–H and O–H groups in total. The molecule has 3 heterocycles. The number of para-hydroxylation sites is 2. The molecule has 3 aromatic heterocycles. The van der Waals surface area contributed by atoms with E-state index < -0.39 is 0 Å². The molecule has 33 heavy (non-hydrogen) atoms. The number of nitrogens with zero attached hydrogens (tertiary/aromatic N) is 6. The van der Waals surface area contributed by atoms with Crippen LogP contribution in [0.15, 0.2) is 67.0 Å². The summed E-state index contributed by atoms with van der Waals surface area (Å²) in [5, 5.41) is 15.7. The minimum atomic E-state index is -0.121. The standard InChI is InChI=1S/C23H21N7O3/c1-32-17-6-4-5-16(13-17)23-27-26-20-9-10-22(28-30(20)23)33-12-11-24-21(31)14-29-15-25-18-7-2-3-8-19(18)29/h2-10,13,15H,11-12,14H2,1H3,(H,24,31). The molecule has 0 atom stereocenters. The predicted molar refractivity (Wildman–Crippen MR) is 121 cm³/mol. The van der Waals surface area contributed by atoms with E-state index in [2.05, 4.69) is 25.6 Å². The van der Waals surface area contributed by atoms with Gasteiger partial charge in [-0.25, -0.2) is 4.98 Å². The summed E-state index contributed by atoms with van der Waals surface area (Å²) in [6.45, 7) is 0.803. The lowest BCUT2D eigenvalue weighted by molar-refractivity contribution is -0.121. The molecule has 166 valence electrons. The van der Waals surface area contributed by atoms with Crippen LogP contribution in [-0.2, 0) is 11.3 Å². The average Bonchev–Trinajstić information content (AvgIpc) is 3.46. The Morgan fingerprint density at radius 3 is 2.88 bits per heavy atom. The van der Waals surface area contributed by atoms with Gasteiger partial charge in [-0.3, -0.25) is 4.79 Å². The second-order valence-corrected chi connectivity index (χ2v) is 7.26. The first-order valence-electron chi connectivity index (χ1n) is 10.4. The Morgan fingerprint density at radius 1 is 1.06 bits per heavy atom. The second kappa shape index (κ2) is 8.95. The first-order valence-corrected chi connectivity index (χ1v) is 10.4. The number of ether oxygens (including phenoxy) is 2. The fourth-order valence-corrected chi connectivity index (χ4v) is 3.48. The monoisotopic (exact) mass is 443 g/mol. The van der Waals surface area contributed by atoms with Crippen molar-refractivity contribution < 1.29 is 14.3 Å². The number of imidazole rings is 1. The van der Waals surface area contributed by atoms with E-state index in [1.807, 2.05) is 53.1 Å². The molecule has 0 saturated heterocycles. The van der Waals surface area contributed by atoms with Gasteiger partial charge in [-0.2, -0.15) is 4.52 Å². The summed E-state index contributed by atoms with van der Waals surface area (Å²) in [4.78, 5) is 16.6. The van der Waals surface area contributed by atoms with Crippen LogP contribution in [0.3, 0.4) is 0 Å². The third kappa shape index (κ3) is 4.31. The van der Waals surface area contributed by atoms with E-state index in [4.69, 9.17) is 9.47 Å². The molecular weight excluding hydrogens is 422 g/mol. The van der Waals surface area contributed by atoms with Crippen molar-refractivity contribution in [3.8, 4) is 23.0 Å². The number of carbonyl (C=O) groups is 1. The van der Waals surface area contributed by atoms with Gasteiger partial charge in [0.2, 0.25) is 11.8 Å². The summed E-state index contributed by atoms with van der Waals surface area (Å²) in [6, 6.07) is 18.7. The number of rotatable bonds is 8. The van der Waals surface area contributed by atoms with Gasteiger partial charge >= 0.3 is 0 Å². The van der Waals surface area contributed by atoms with Gasteiger partial charge in [0, 0.05) is 11.6 Å². The highest BCUT2D eigenvalue weighted by molar-refractivity contribution is 5.80. The topological polar surface area (TPSA) is 108 Å². The normalized spacial score (nSPS) is 11.1. The van der Waals surface area contributed by atoms with Gasteiger partial charge < -0.3 is 19.4 Å². The van der Waals surface area contributed by atoms with E-state index in [0.29, 0.717) is 23.9 Å². The summed E-state index contributed by atoms with van der Waals surface area (Å²) < 4.78 is 14.4. The van der Waals surface area contributed by atoms with Crippen LogP contribution >= 0.6 is 0 Å². The van der Waals surface area contributed by atoms with Crippen molar-refractivity contribution in [2.45, 2.75) is 6.54 Å². The largest absolute Gasteiger partial charge is 0.497 e. The maximum absolute atomic E-state index is 12.3. The van der Waals surface area contributed by atoms with Crippen LogP contribution < -0.4 is 14.8 Å². The Balaban J connectivity index is 1.20. The molecule has 0 aliphatic carbocycles. The fourth-order valence-electron chi connectivity index (χ4n) is 3.48. The first kappa shape index (κ1) is 20.4. The number of amides is 1. The highest BCUT2D eigenvalue weighted by atomic mass is 16.5. The average molecular weight is 443 g/mol. The summed E-state index contributed by atoms with van der Waals surface area (Å²) >= 11 is 0. The van der Waals surface area contributed by atoms with Crippen LogP contribution in [0.25, 0.3) is 28.1 Å². The van der Waals surface area contributed by atoms with E-state index >= 15 is 0 Å². The number of nitrogens with one attached hydrogen (secondary N) is 1. The van der Waals surface area contributed by atoms with Crippen molar-refractivity contribution in [2.24, 2.45) is 0 Å². The molecule has 0 aliphatic rings. The van der Waals surface area contributed by atoms with Crippen molar-refractivity contribution in [3.05, 3.63) is 67.0 Å². The molecule has 0 bridgehead atoms. The molecule has 0 spiro atoms. The number of fused-ring (bicyclic) bond motifs is 2. The molecule has 5 rings (SSSR count). The Kier molecular flexibility index (Phi) is 5.54. The van der Waals surface area contributed by atoms with E-state index in [0.717, 1.165) is 22.3 Å². The summed E-state index contributed by atoms with van der Waals surface area (Å²) in [5.74, 6) is 1.58. The lowest BCUT2D eigenvalue weighted by Crippen LogP contribution is -2.31. The lowest BCUT2D eigenvalue weighted by atomic mass is 10.2. The zero-order valence-electron chi connectivity index (χ0n) is 17.9. The molecule has 0 aliphatic heterocycles. The highest BCUT2D eigenvalue weighted by Crippen LogP contribution is 2.23. The van der Waals surface area contributed by atoms with Gasteiger partial charge in [0.1, 0.15) is 18.9 Å². The van der Waals surface area contributed by atoms with Crippen LogP contribution in [0, 0.1) is 0 Å². The van der Waals surface area contributed by atoms with Crippen LogP contribution in [0.5, 0.6) is 11.6 Å². The Bertz CT molecular complexity index is 1430. The van der Waals surface area contributed by atoms with Crippen LogP contribution in [0.4, 0.5) is 0 Å². The van der Waals surface area contributed by atoms with Gasteiger partial charge in [0.25, 0.3) is 0 Å². The SMILES string of the molecule is COc1cccc(-c2nnc3ccc(OCCNC(=O)Cn4cnc5ccccc54)nn23)c1. The molecular formula is C23H21N7O3. The van der Waals surface area contributed by atoms with Crippen molar-refractivity contribution in [1.29, 1.82) is 0 Å². The highest BCUT2D eigenvalue weighted by Gasteiger charge is 2.12. The van der Waals surface area contributed by atoms with Gasteiger partial charge in [-0.1, -0.05) is 24.3 Å². The van der Waals surface area contributed by atoms with Gasteiger partial charge in [0.05, 0.1) is 31.0 Å². The maximum Gasteiger partial charge on any atom is 0.240 e. The second-order valence-electron chi connectivity index (χ2n) is 7.26. The minimum Gasteiger partial charge on any atom is -0.497 e. The van der Waals surface area contributed by atoms with Gasteiger partial charge in [0.15, 0.2) is 11.5 Å². The van der Waals surface area contributed by atoms with Crippen molar-refractivity contribution in [1.82, 2.24) is 34.7 Å². The zero-order chi connectivity index (χ0) is 22.6. The number of benzene rings is 2. The quantitative estimate of drug-likeness (QED) is 0.367. The number of aromatic nitrogens is 6. The van der Waals surface area contributed by atoms with E-state index in [1.165, 1.54) is 0 Å². The molecule has 2 aromatic carbocycles. The Morgan fingerprint density at radius 2 is 1.97 bits per heavy atom. The Hall–Kier alpha value is -4.47. The molecule has 1 amide bonds. The summed E-state index contributed by atoms with van der Waals surface area (Å²) in [7, 11) is 1.61. The van der Waals surface area contributed by atoms with Crippen molar-refractivity contribution in [3.63, 3.8) is 0 Å². The third-order valence-corrected chi connectivity index (χ3v) is 5.08. The fraction of sp³-hybridized carbons (Fsp3) is 0.174. The molecule has 0 unspecified atom stereocenters. The summed E-state index contributed by atoms with van der Waals surface area (Å²) in [5.41, 5.74) is 3.20. The van der Waals surface area contributed by atoms with Crippen molar-refractivity contribution in [2.75, 3.05) is 20.3 Å². The molecule has 0 radical (unpaired) electrons. The lowest BCUT2D eigenvalue weighted by Gasteiger charge is -2.09. The van der Waals surface area contributed by atoms with Crippen LogP contribution in [0.1, 0.15) is 0 Å². The smallest absolute Gasteiger partial charge is 0.240 e. The minimum absolute atomic E-state index is 0.121. The molecule has 0 saturated carbocycles. The van der Waals surface area contributed by atoms with Crippen molar-refractivity contribution >= 4 is 22.6 Å². The van der Waals surface area contributed by atoms with Gasteiger partial charge in [-0.15, -0.1) is 15.3 Å². The van der Waals surface area contributed by atoms with Gasteiger partial charge in [-0.05, 0) is 30.3 Å². The molecule has 5 aromatic rings. The third-order valence-electron chi connectivity index (χ3n) is 5.08. The van der Waals surface area contributed by atoms with E-state index in [-0.39, 0.29) is 19.1 Å². The summed E-state index contributed by atoms with van der Waals surface area (Å²) in [6.07, 6.45) is 1.67. The zero-order valence-corrected chi connectivity index (χ0v) is 17.9. The molecule has 0 fully saturated rings.